The van der Waals surface area contributed by atoms with Crippen molar-refractivity contribution in [2.45, 2.75) is 6.92 Å². The van der Waals surface area contributed by atoms with Gasteiger partial charge in [0.05, 0.1) is 18.1 Å². The van der Waals surface area contributed by atoms with Crippen molar-refractivity contribution in [2.75, 3.05) is 11.9 Å². The summed E-state index contributed by atoms with van der Waals surface area (Å²) in [6.45, 7) is 1.99. The Morgan fingerprint density at radius 1 is 1.21 bits per heavy atom. The summed E-state index contributed by atoms with van der Waals surface area (Å²) in [4.78, 5) is 32.7. The van der Waals surface area contributed by atoms with Crippen LogP contribution in [-0.4, -0.2) is 24.5 Å². The summed E-state index contributed by atoms with van der Waals surface area (Å²) in [5, 5.41) is 12.5. The fraction of sp³-hybridized carbons (Fsp3) is 0.154. The lowest BCUT2D eigenvalue weighted by Gasteiger charge is -2.04. The molecule has 0 aliphatic heterocycles. The summed E-state index contributed by atoms with van der Waals surface area (Å²) >= 11 is 0. The number of esters is 1. The topological polar surface area (TPSA) is 95.5 Å². The van der Waals surface area contributed by atoms with Crippen LogP contribution in [0, 0.1) is 0 Å². The van der Waals surface area contributed by atoms with Gasteiger partial charge in [0, 0.05) is 11.8 Å². The Morgan fingerprint density at radius 3 is 2.37 bits per heavy atom. The van der Waals surface area contributed by atoms with Gasteiger partial charge < -0.3 is 20.0 Å². The molecule has 0 aliphatic carbocycles. The molecule has 0 unspecified atom stereocenters. The lowest BCUT2D eigenvalue weighted by molar-refractivity contribution is -0.297. The van der Waals surface area contributed by atoms with Crippen LogP contribution in [0.3, 0.4) is 0 Å². The average molecular weight is 262 g/mol. The van der Waals surface area contributed by atoms with E-state index in [1.54, 1.807) is 6.92 Å². The predicted molar refractivity (Wildman–Crippen MR) is 65.2 cm³/mol. The number of hydrogen-bond donors (Lipinski definition) is 1. The third-order valence-corrected chi connectivity index (χ3v) is 2.03. The van der Waals surface area contributed by atoms with E-state index in [-0.39, 0.29) is 6.61 Å². The van der Waals surface area contributed by atoms with Gasteiger partial charge in [-0.25, -0.2) is 4.79 Å². The van der Waals surface area contributed by atoms with Crippen LogP contribution in [0.1, 0.15) is 17.3 Å². The molecule has 6 heteroatoms. The second-order valence-corrected chi connectivity index (χ2v) is 3.44. The minimum Gasteiger partial charge on any atom is -0.545 e. The number of carbonyl (C=O) groups excluding carboxylic acids is 3. The number of hydrogen-bond acceptors (Lipinski definition) is 5. The Balaban J connectivity index is 2.64. The maximum absolute atomic E-state index is 11.4. The zero-order chi connectivity index (χ0) is 14.3. The largest absolute Gasteiger partial charge is 0.545 e. The number of amides is 1. The maximum Gasteiger partial charge on any atom is 0.338 e. The van der Waals surface area contributed by atoms with Crippen LogP contribution < -0.4 is 10.4 Å². The van der Waals surface area contributed by atoms with E-state index < -0.39 is 17.8 Å². The second kappa shape index (κ2) is 6.95. The first-order valence-corrected chi connectivity index (χ1v) is 5.50. The van der Waals surface area contributed by atoms with Crippen LogP contribution >= 0.6 is 0 Å². The average Bonchev–Trinajstić information content (AvgIpc) is 2.37. The normalized spacial score (nSPS) is 10.2. The number of nitrogens with one attached hydrogen (secondary N) is 1. The smallest absolute Gasteiger partial charge is 0.338 e. The molecule has 1 aromatic rings. The van der Waals surface area contributed by atoms with Crippen LogP contribution in [0.15, 0.2) is 36.4 Å². The van der Waals surface area contributed by atoms with Crippen molar-refractivity contribution >= 4 is 23.5 Å². The maximum atomic E-state index is 11.4. The van der Waals surface area contributed by atoms with E-state index in [4.69, 9.17) is 4.74 Å². The number of carbonyl (C=O) groups is 3. The van der Waals surface area contributed by atoms with Gasteiger partial charge in [-0.2, -0.15) is 0 Å². The summed E-state index contributed by atoms with van der Waals surface area (Å²) in [7, 11) is 0. The van der Waals surface area contributed by atoms with E-state index >= 15 is 0 Å². The molecule has 1 aromatic carbocycles. The molecule has 100 valence electrons. The SMILES string of the molecule is CCOC(=O)c1ccc(NC(=O)/C=C/C(=O)[O-])cc1. The minimum atomic E-state index is -1.45. The summed E-state index contributed by atoms with van der Waals surface area (Å²) in [6, 6.07) is 6.01. The summed E-state index contributed by atoms with van der Waals surface area (Å²) < 4.78 is 4.80. The molecule has 6 nitrogen and oxygen atoms in total. The van der Waals surface area contributed by atoms with Crippen LogP contribution in [-0.2, 0) is 14.3 Å². The molecular formula is C13H12NO5-. The van der Waals surface area contributed by atoms with Gasteiger partial charge in [-0.05, 0) is 37.3 Å². The predicted octanol–water partition coefficient (Wildman–Crippen LogP) is 0.108. The molecule has 0 aromatic heterocycles. The summed E-state index contributed by atoms with van der Waals surface area (Å²) in [6.07, 6.45) is 1.47. The molecule has 1 amide bonds. The lowest BCUT2D eigenvalue weighted by atomic mass is 10.2. The standard InChI is InChI=1S/C13H13NO5/c1-2-19-13(18)9-3-5-10(6-4-9)14-11(15)7-8-12(16)17/h3-8H,2H2,1H3,(H,14,15)(H,16,17)/p-1/b8-7+. The van der Waals surface area contributed by atoms with Crippen LogP contribution in [0.5, 0.6) is 0 Å². The van der Waals surface area contributed by atoms with Crippen molar-refractivity contribution in [3.63, 3.8) is 0 Å². The Labute approximate surface area is 109 Å². The number of carboxylic acid groups (broad SMARTS) is 1. The first kappa shape index (κ1) is 14.4. The third kappa shape index (κ3) is 5.03. The Hall–Kier alpha value is -2.63. The monoisotopic (exact) mass is 262 g/mol. The van der Waals surface area contributed by atoms with E-state index in [1.165, 1.54) is 24.3 Å². The molecule has 19 heavy (non-hydrogen) atoms. The van der Waals surface area contributed by atoms with Crippen molar-refractivity contribution < 1.29 is 24.2 Å². The number of rotatable bonds is 5. The van der Waals surface area contributed by atoms with E-state index in [1.807, 2.05) is 0 Å². The molecule has 0 saturated heterocycles. The van der Waals surface area contributed by atoms with Gasteiger partial charge in [0.25, 0.3) is 0 Å². The Bertz CT molecular complexity index is 504. The van der Waals surface area contributed by atoms with Gasteiger partial charge >= 0.3 is 5.97 Å². The first-order valence-electron chi connectivity index (χ1n) is 5.50. The molecule has 1 rings (SSSR count). The highest BCUT2D eigenvalue weighted by Crippen LogP contribution is 2.10. The van der Waals surface area contributed by atoms with Crippen LogP contribution in [0.4, 0.5) is 5.69 Å². The van der Waals surface area contributed by atoms with Crippen LogP contribution in [0.2, 0.25) is 0 Å². The molecule has 0 heterocycles. The zero-order valence-corrected chi connectivity index (χ0v) is 10.2. The zero-order valence-electron chi connectivity index (χ0n) is 10.2. The fourth-order valence-corrected chi connectivity index (χ4v) is 1.23. The third-order valence-electron chi connectivity index (χ3n) is 2.03. The second-order valence-electron chi connectivity index (χ2n) is 3.44. The molecular weight excluding hydrogens is 250 g/mol. The van der Waals surface area contributed by atoms with E-state index in [2.05, 4.69) is 5.32 Å². The minimum absolute atomic E-state index is 0.283. The van der Waals surface area contributed by atoms with Crippen molar-refractivity contribution in [3.8, 4) is 0 Å². The number of benzene rings is 1. The van der Waals surface area contributed by atoms with Gasteiger partial charge in [-0.15, -0.1) is 0 Å². The lowest BCUT2D eigenvalue weighted by Crippen LogP contribution is -2.20. The van der Waals surface area contributed by atoms with E-state index in [0.29, 0.717) is 17.3 Å². The van der Waals surface area contributed by atoms with Gasteiger partial charge in [0.15, 0.2) is 0 Å². The fourth-order valence-electron chi connectivity index (χ4n) is 1.23. The molecule has 0 saturated carbocycles. The molecule has 0 aliphatic rings. The number of anilines is 1. The van der Waals surface area contributed by atoms with Crippen LogP contribution in [0.25, 0.3) is 0 Å². The quantitative estimate of drug-likeness (QED) is 0.600. The number of ether oxygens (including phenoxy) is 1. The van der Waals surface area contributed by atoms with Crippen molar-refractivity contribution in [3.05, 3.63) is 42.0 Å². The molecule has 0 radical (unpaired) electrons. The van der Waals surface area contributed by atoms with Gasteiger partial charge in [-0.1, -0.05) is 0 Å². The first-order chi connectivity index (χ1) is 9.02. The van der Waals surface area contributed by atoms with Crippen molar-refractivity contribution in [2.24, 2.45) is 0 Å². The summed E-state index contributed by atoms with van der Waals surface area (Å²) in [5.74, 6) is -2.50. The van der Waals surface area contributed by atoms with Gasteiger partial charge in [0.1, 0.15) is 0 Å². The summed E-state index contributed by atoms with van der Waals surface area (Å²) in [5.41, 5.74) is 0.797. The molecule has 0 atom stereocenters. The highest BCUT2D eigenvalue weighted by Gasteiger charge is 2.05. The Morgan fingerprint density at radius 2 is 1.84 bits per heavy atom. The van der Waals surface area contributed by atoms with Crippen molar-refractivity contribution in [1.29, 1.82) is 0 Å². The van der Waals surface area contributed by atoms with E-state index in [9.17, 15) is 19.5 Å². The molecule has 0 bridgehead atoms. The number of aliphatic carboxylic acids is 1. The van der Waals surface area contributed by atoms with Gasteiger partial charge in [0.2, 0.25) is 5.91 Å². The van der Waals surface area contributed by atoms with Gasteiger partial charge in [-0.3, -0.25) is 4.79 Å². The highest BCUT2D eigenvalue weighted by molar-refractivity contribution is 6.02. The number of carboxylic acids is 1. The van der Waals surface area contributed by atoms with Crippen molar-refractivity contribution in [1.82, 2.24) is 0 Å². The molecule has 0 spiro atoms. The Kier molecular flexibility index (Phi) is 5.28. The molecule has 1 N–H and O–H groups in total. The van der Waals surface area contributed by atoms with E-state index in [0.717, 1.165) is 6.08 Å². The highest BCUT2D eigenvalue weighted by atomic mass is 16.5. The molecule has 0 fully saturated rings.